The van der Waals surface area contributed by atoms with Crippen molar-refractivity contribution in [2.45, 2.75) is 18.2 Å². The Hall–Kier alpha value is -0.770. The Kier molecular flexibility index (Phi) is 3.54. The van der Waals surface area contributed by atoms with E-state index in [1.54, 1.807) is 6.07 Å². The molecule has 0 aromatic carbocycles. The van der Waals surface area contributed by atoms with Gasteiger partial charge in [0.25, 0.3) is 0 Å². The average Bonchev–Trinajstić information content (AvgIpc) is 2.64. The minimum absolute atomic E-state index is 0.158. The van der Waals surface area contributed by atoms with Gasteiger partial charge in [0.15, 0.2) is 0 Å². The van der Waals surface area contributed by atoms with Crippen molar-refractivity contribution < 1.29 is 13.9 Å². The average molecular weight is 247 g/mol. The van der Waals surface area contributed by atoms with E-state index in [0.717, 1.165) is 12.2 Å². The molecule has 1 rings (SSSR count). The van der Waals surface area contributed by atoms with Gasteiger partial charge < -0.3 is 9.15 Å². The molecule has 0 aliphatic carbocycles. The second-order valence-electron chi connectivity index (χ2n) is 2.61. The number of carbonyl (C=O) groups excluding carboxylic acids is 1. The molecule has 0 fully saturated rings. The van der Waals surface area contributed by atoms with Crippen LogP contribution >= 0.6 is 15.9 Å². The van der Waals surface area contributed by atoms with Gasteiger partial charge in [-0.15, -0.1) is 0 Å². The zero-order valence-electron chi connectivity index (χ0n) is 7.54. The summed E-state index contributed by atoms with van der Waals surface area (Å²) in [4.78, 5) is 11.2. The molecule has 1 unspecified atom stereocenters. The van der Waals surface area contributed by atoms with Crippen LogP contribution in [0.2, 0.25) is 0 Å². The normalized spacial score (nSPS) is 12.5. The van der Waals surface area contributed by atoms with Crippen molar-refractivity contribution in [3.05, 3.63) is 23.7 Å². The third kappa shape index (κ3) is 2.34. The third-order valence-electron chi connectivity index (χ3n) is 1.71. The highest BCUT2D eigenvalue weighted by Gasteiger charge is 2.14. The van der Waals surface area contributed by atoms with Crippen LogP contribution in [0.15, 0.2) is 16.7 Å². The first-order valence-corrected chi connectivity index (χ1v) is 4.91. The molecule has 0 N–H and O–H groups in total. The second-order valence-corrected chi connectivity index (χ2v) is 3.71. The predicted octanol–water partition coefficient (Wildman–Crippen LogP) is 2.91. The van der Waals surface area contributed by atoms with Crippen LogP contribution in [0.4, 0.5) is 0 Å². The van der Waals surface area contributed by atoms with Crippen LogP contribution in [0.5, 0.6) is 0 Å². The fourth-order valence-corrected chi connectivity index (χ4v) is 1.18. The van der Waals surface area contributed by atoms with Crippen molar-refractivity contribution in [3.63, 3.8) is 0 Å². The topological polar surface area (TPSA) is 39.4 Å². The summed E-state index contributed by atoms with van der Waals surface area (Å²) in [6, 6.07) is 1.69. The lowest BCUT2D eigenvalue weighted by Gasteiger charge is -1.99. The van der Waals surface area contributed by atoms with Crippen LogP contribution in [0, 0.1) is 0 Å². The molecule has 0 radical (unpaired) electrons. The van der Waals surface area contributed by atoms with E-state index >= 15 is 0 Å². The summed E-state index contributed by atoms with van der Waals surface area (Å²) in [5, 5.41) is 0. The van der Waals surface area contributed by atoms with Crippen molar-refractivity contribution in [2.24, 2.45) is 0 Å². The number of hydrogen-bond acceptors (Lipinski definition) is 3. The van der Waals surface area contributed by atoms with Crippen LogP contribution in [0.25, 0.3) is 0 Å². The summed E-state index contributed by atoms with van der Waals surface area (Å²) in [7, 11) is 1.35. The summed E-state index contributed by atoms with van der Waals surface area (Å²) >= 11 is 3.42. The Balaban J connectivity index is 2.80. The smallest absolute Gasteiger partial charge is 0.341 e. The Morgan fingerprint density at radius 2 is 2.46 bits per heavy atom. The van der Waals surface area contributed by atoms with E-state index in [2.05, 4.69) is 20.7 Å². The SMILES string of the molecule is CCC(Br)c1cc(C(=O)OC)co1. The largest absolute Gasteiger partial charge is 0.467 e. The summed E-state index contributed by atoms with van der Waals surface area (Å²) in [5.41, 5.74) is 0.454. The second kappa shape index (κ2) is 4.46. The van der Waals surface area contributed by atoms with Gasteiger partial charge in [-0.2, -0.15) is 0 Å². The van der Waals surface area contributed by atoms with Gasteiger partial charge in [0, 0.05) is 0 Å². The molecule has 1 aromatic heterocycles. The van der Waals surface area contributed by atoms with Gasteiger partial charge in [0.1, 0.15) is 12.0 Å². The molecule has 0 aliphatic rings. The van der Waals surface area contributed by atoms with Gasteiger partial charge in [0.05, 0.1) is 17.5 Å². The number of alkyl halides is 1. The molecular formula is C9H11BrO3. The van der Waals surface area contributed by atoms with Gasteiger partial charge in [-0.3, -0.25) is 0 Å². The quantitative estimate of drug-likeness (QED) is 0.609. The molecule has 0 bridgehead atoms. The molecule has 72 valence electrons. The minimum Gasteiger partial charge on any atom is -0.467 e. The van der Waals surface area contributed by atoms with Gasteiger partial charge in [-0.25, -0.2) is 4.79 Å². The fraction of sp³-hybridized carbons (Fsp3) is 0.444. The number of ether oxygens (including phenoxy) is 1. The zero-order chi connectivity index (χ0) is 9.84. The number of carbonyl (C=O) groups is 1. The van der Waals surface area contributed by atoms with E-state index in [1.165, 1.54) is 13.4 Å². The molecule has 0 saturated heterocycles. The van der Waals surface area contributed by atoms with Crippen molar-refractivity contribution in [1.82, 2.24) is 0 Å². The van der Waals surface area contributed by atoms with Crippen molar-refractivity contribution in [2.75, 3.05) is 7.11 Å². The van der Waals surface area contributed by atoms with Crippen molar-refractivity contribution in [3.8, 4) is 0 Å². The first-order valence-electron chi connectivity index (χ1n) is 3.99. The van der Waals surface area contributed by atoms with Crippen LogP contribution in [-0.4, -0.2) is 13.1 Å². The highest BCUT2D eigenvalue weighted by Crippen LogP contribution is 2.27. The molecule has 0 saturated carbocycles. The van der Waals surface area contributed by atoms with E-state index in [0.29, 0.717) is 5.56 Å². The van der Waals surface area contributed by atoms with Crippen LogP contribution < -0.4 is 0 Å². The highest BCUT2D eigenvalue weighted by molar-refractivity contribution is 9.09. The van der Waals surface area contributed by atoms with Gasteiger partial charge in [-0.05, 0) is 12.5 Å². The van der Waals surface area contributed by atoms with Gasteiger partial charge in [-0.1, -0.05) is 22.9 Å². The predicted molar refractivity (Wildman–Crippen MR) is 52.0 cm³/mol. The van der Waals surface area contributed by atoms with E-state index in [9.17, 15) is 4.79 Å². The van der Waals surface area contributed by atoms with E-state index in [4.69, 9.17) is 4.42 Å². The maximum absolute atomic E-state index is 11.0. The van der Waals surface area contributed by atoms with E-state index < -0.39 is 0 Å². The molecule has 4 heteroatoms. The number of esters is 1. The lowest BCUT2D eigenvalue weighted by atomic mass is 10.2. The van der Waals surface area contributed by atoms with Crippen LogP contribution in [0.3, 0.4) is 0 Å². The minimum atomic E-state index is -0.370. The first kappa shape index (κ1) is 10.3. The van der Waals surface area contributed by atoms with E-state index in [1.807, 2.05) is 6.92 Å². The Morgan fingerprint density at radius 3 is 3.00 bits per heavy atom. The lowest BCUT2D eigenvalue weighted by Crippen LogP contribution is -1.98. The van der Waals surface area contributed by atoms with Crippen molar-refractivity contribution >= 4 is 21.9 Å². The Labute approximate surface area is 85.2 Å². The molecule has 0 spiro atoms. The summed E-state index contributed by atoms with van der Waals surface area (Å²) in [6.45, 7) is 2.03. The Morgan fingerprint density at radius 1 is 1.77 bits per heavy atom. The molecule has 1 aromatic rings. The molecule has 1 heterocycles. The maximum Gasteiger partial charge on any atom is 0.341 e. The number of methoxy groups -OCH3 is 1. The summed E-state index contributed by atoms with van der Waals surface area (Å²) < 4.78 is 9.74. The number of furan rings is 1. The third-order valence-corrected chi connectivity index (χ3v) is 2.81. The number of halogens is 1. The highest BCUT2D eigenvalue weighted by atomic mass is 79.9. The molecule has 0 aliphatic heterocycles. The molecular weight excluding hydrogens is 236 g/mol. The standard InChI is InChI=1S/C9H11BrO3/c1-3-7(10)8-4-6(5-13-8)9(11)12-2/h4-5,7H,3H2,1-2H3. The molecule has 13 heavy (non-hydrogen) atoms. The first-order chi connectivity index (χ1) is 6.19. The van der Waals surface area contributed by atoms with Crippen molar-refractivity contribution in [1.29, 1.82) is 0 Å². The van der Waals surface area contributed by atoms with Gasteiger partial charge in [0.2, 0.25) is 0 Å². The maximum atomic E-state index is 11.0. The molecule has 3 nitrogen and oxygen atoms in total. The zero-order valence-corrected chi connectivity index (χ0v) is 9.13. The van der Waals surface area contributed by atoms with Crippen LogP contribution in [0.1, 0.15) is 34.3 Å². The number of rotatable bonds is 3. The number of hydrogen-bond donors (Lipinski definition) is 0. The summed E-state index contributed by atoms with van der Waals surface area (Å²) in [5.74, 6) is 0.383. The summed E-state index contributed by atoms with van der Waals surface area (Å²) in [6.07, 6.45) is 2.32. The van der Waals surface area contributed by atoms with Crippen LogP contribution in [-0.2, 0) is 4.74 Å². The monoisotopic (exact) mass is 246 g/mol. The molecule has 1 atom stereocenters. The Bertz CT molecular complexity index is 293. The molecule has 0 amide bonds. The fourth-order valence-electron chi connectivity index (χ4n) is 0.943. The van der Waals surface area contributed by atoms with E-state index in [-0.39, 0.29) is 10.8 Å². The van der Waals surface area contributed by atoms with Gasteiger partial charge >= 0.3 is 5.97 Å². The lowest BCUT2D eigenvalue weighted by molar-refractivity contribution is 0.0600.